The molecule has 0 aromatic heterocycles. The Kier molecular flexibility index (Phi) is 54.3. The zero-order valence-electron chi connectivity index (χ0n) is 89.9. The molecule has 17 aromatic rings. The lowest BCUT2D eigenvalue weighted by atomic mass is 9.78. The summed E-state index contributed by atoms with van der Waals surface area (Å²) in [6.07, 6.45) is 0. The highest BCUT2D eigenvalue weighted by Gasteiger charge is 2.23. The van der Waals surface area contributed by atoms with E-state index in [1.807, 2.05) is 331 Å². The van der Waals surface area contributed by atoms with Crippen molar-refractivity contribution in [1.29, 1.82) is 0 Å². The highest BCUT2D eigenvalue weighted by molar-refractivity contribution is 6.09. The van der Waals surface area contributed by atoms with Crippen molar-refractivity contribution in [3.63, 3.8) is 0 Å². The average Bonchev–Trinajstić information content (AvgIpc) is 0.801. The number of ketones is 1. The molecule has 0 amide bonds. The van der Waals surface area contributed by atoms with E-state index in [0.717, 1.165) is 159 Å². The van der Waals surface area contributed by atoms with Crippen molar-refractivity contribution in [2.75, 3.05) is 142 Å². The van der Waals surface area contributed by atoms with E-state index in [1.165, 1.54) is 22.3 Å². The maximum Gasteiger partial charge on any atom is 0.193 e. The lowest BCUT2D eigenvalue weighted by Crippen LogP contribution is -2.18. The molecule has 148 heavy (non-hydrogen) atoms. The number of hydrogen-bond acceptors (Lipinski definition) is 22. The van der Waals surface area contributed by atoms with Crippen LogP contribution in [0.5, 0.6) is 126 Å². The van der Waals surface area contributed by atoms with Crippen LogP contribution in [0.3, 0.4) is 0 Å². The molecule has 0 aliphatic heterocycles. The van der Waals surface area contributed by atoms with Crippen LogP contribution >= 0.6 is 0 Å². The minimum absolute atomic E-state index is 0.0136. The van der Waals surface area contributed by atoms with E-state index in [9.17, 15) is 4.79 Å². The third-order valence-electron chi connectivity index (χ3n) is 22.1. The molecular formula is C126H142O22. The zero-order valence-corrected chi connectivity index (χ0v) is 89.9. The maximum absolute atomic E-state index is 12.2. The lowest BCUT2D eigenvalue weighted by molar-refractivity contribution is 0.103. The fourth-order valence-corrected chi connectivity index (χ4v) is 13.7. The number of fused-ring (bicyclic) bond motifs is 2. The summed E-state index contributed by atoms with van der Waals surface area (Å²) in [7, 11) is 33.0. The van der Waals surface area contributed by atoms with Gasteiger partial charge in [-0.1, -0.05) is 163 Å². The Hall–Kier alpha value is -17.3. The van der Waals surface area contributed by atoms with Crippen molar-refractivity contribution in [1.82, 2.24) is 0 Å². The number of methoxy groups -OCH3 is 20. The second kappa shape index (κ2) is 67.3. The minimum Gasteiger partial charge on any atom is -0.497 e. The van der Waals surface area contributed by atoms with E-state index in [-0.39, 0.29) is 11.2 Å². The van der Waals surface area contributed by atoms with Crippen molar-refractivity contribution in [3.8, 4) is 149 Å². The molecule has 17 rings (SSSR count). The van der Waals surface area contributed by atoms with Gasteiger partial charge in [-0.25, -0.2) is 0 Å². The number of carbonyl (C=O) groups is 1. The van der Waals surface area contributed by atoms with E-state index >= 15 is 0 Å². The Balaban J connectivity index is 0.000000252. The van der Waals surface area contributed by atoms with Gasteiger partial charge >= 0.3 is 0 Å². The number of hydrogen-bond donors (Lipinski definition) is 0. The maximum atomic E-state index is 12.2. The molecule has 0 saturated heterocycles. The van der Waals surface area contributed by atoms with Crippen LogP contribution in [-0.4, -0.2) is 148 Å². The minimum atomic E-state index is -0.0431. The summed E-state index contributed by atoms with van der Waals surface area (Å²) in [6, 6.07) is 124. The van der Waals surface area contributed by atoms with Crippen LogP contribution in [0.15, 0.2) is 388 Å². The predicted octanol–water partition coefficient (Wildman–Crippen LogP) is 30.1. The summed E-state index contributed by atoms with van der Waals surface area (Å²) in [5.41, 5.74) is 8.27. The van der Waals surface area contributed by atoms with Gasteiger partial charge in [0.1, 0.15) is 126 Å². The summed E-state index contributed by atoms with van der Waals surface area (Å²) in [5.74, 6) is 18.4. The highest BCUT2D eigenvalue weighted by Crippen LogP contribution is 2.38. The van der Waals surface area contributed by atoms with Gasteiger partial charge in [-0.3, -0.25) is 4.79 Å². The van der Waals surface area contributed by atoms with E-state index in [2.05, 4.69) is 50.2 Å². The van der Waals surface area contributed by atoms with Gasteiger partial charge in [0, 0.05) is 38.9 Å². The highest BCUT2D eigenvalue weighted by atomic mass is 16.5. The molecule has 22 heteroatoms. The molecule has 0 atom stereocenters. The SMILES string of the molecule is CC.CC.COc1ccc(-c2ccc(OC)cc2)cc1.COc1ccc(C(=O)c2ccc(OC)cc2)cc1.COc1ccc(C(C)(C)c2ccc(OC)cc2)cc1.COc1ccc(OC)c(-c2ccccc2)c1.COc1ccc(OC)cc1.COc1ccc(OC)cc1.COc1ccc(Oc2ccc(OC)cc2)cc1.COc1ccc2cc(OC)ccc2c1.COc1cccc(OC)c1.COc1cccc2c(OC)cccc12. The Labute approximate surface area is 874 Å². The molecule has 0 bridgehead atoms. The molecule has 0 spiro atoms. The van der Waals surface area contributed by atoms with Gasteiger partial charge in [0.25, 0.3) is 0 Å². The molecule has 0 aliphatic carbocycles. The molecular weight excluding hydrogens is 1870 g/mol. The Bertz CT molecular complexity index is 6120. The molecule has 0 heterocycles. The van der Waals surface area contributed by atoms with Gasteiger partial charge in [-0.05, 0) is 299 Å². The van der Waals surface area contributed by atoms with Gasteiger partial charge in [0.05, 0.1) is 142 Å². The van der Waals surface area contributed by atoms with Gasteiger partial charge in [0.15, 0.2) is 5.78 Å². The summed E-state index contributed by atoms with van der Waals surface area (Å²) in [4.78, 5) is 12.2. The second-order valence-electron chi connectivity index (χ2n) is 30.9. The van der Waals surface area contributed by atoms with Crippen LogP contribution in [0, 0.1) is 0 Å². The Morgan fingerprint density at radius 1 is 0.176 bits per heavy atom. The fourth-order valence-electron chi connectivity index (χ4n) is 13.7. The molecule has 0 N–H and O–H groups in total. The van der Waals surface area contributed by atoms with Crippen LogP contribution in [-0.2, 0) is 5.41 Å². The van der Waals surface area contributed by atoms with Gasteiger partial charge in [0.2, 0.25) is 0 Å². The third kappa shape index (κ3) is 39.1. The van der Waals surface area contributed by atoms with Crippen LogP contribution in [0.25, 0.3) is 43.8 Å². The molecule has 0 unspecified atom stereocenters. The molecule has 17 aromatic carbocycles. The predicted molar refractivity (Wildman–Crippen MR) is 599 cm³/mol. The number of ether oxygens (including phenoxy) is 21. The first kappa shape index (κ1) is 119. The molecule has 22 nitrogen and oxygen atoms in total. The van der Waals surface area contributed by atoms with Crippen molar-refractivity contribution < 1.29 is 104 Å². The van der Waals surface area contributed by atoms with Gasteiger partial charge in [-0.15, -0.1) is 0 Å². The molecule has 0 saturated carbocycles. The van der Waals surface area contributed by atoms with Crippen molar-refractivity contribution in [3.05, 3.63) is 411 Å². The lowest BCUT2D eigenvalue weighted by Gasteiger charge is -2.26. The zero-order chi connectivity index (χ0) is 108. The Morgan fingerprint density at radius 3 is 0.669 bits per heavy atom. The first-order valence-corrected chi connectivity index (χ1v) is 47.5. The molecule has 0 aliphatic rings. The van der Waals surface area contributed by atoms with Crippen LogP contribution in [0.2, 0.25) is 0 Å². The smallest absolute Gasteiger partial charge is 0.193 e. The topological polar surface area (TPSA) is 211 Å². The van der Waals surface area contributed by atoms with E-state index < -0.39 is 0 Å². The second-order valence-corrected chi connectivity index (χ2v) is 30.9. The number of rotatable bonds is 28. The van der Waals surface area contributed by atoms with Crippen molar-refractivity contribution >= 4 is 27.3 Å². The van der Waals surface area contributed by atoms with Crippen LogP contribution in [0.1, 0.15) is 68.6 Å². The normalized spacial score (nSPS) is 9.72. The molecule has 0 fully saturated rings. The number of carbonyl (C=O) groups excluding carboxylic acids is 1. The summed E-state index contributed by atoms with van der Waals surface area (Å²) < 4.78 is 108. The Morgan fingerprint density at radius 2 is 0.399 bits per heavy atom. The first-order chi connectivity index (χ1) is 72.1. The average molecular weight is 2010 g/mol. The van der Waals surface area contributed by atoms with Gasteiger partial charge in [-0.2, -0.15) is 0 Å². The van der Waals surface area contributed by atoms with Crippen molar-refractivity contribution in [2.45, 2.75) is 47.0 Å². The summed E-state index contributed by atoms with van der Waals surface area (Å²) in [5, 5.41) is 4.47. The van der Waals surface area contributed by atoms with Crippen LogP contribution in [0.4, 0.5) is 0 Å². The fraction of sp³-hybridized carbons (Fsp3) is 0.214. The monoisotopic (exact) mass is 2010 g/mol. The van der Waals surface area contributed by atoms with E-state index in [1.54, 1.807) is 191 Å². The van der Waals surface area contributed by atoms with Crippen molar-refractivity contribution in [2.24, 2.45) is 0 Å². The van der Waals surface area contributed by atoms with E-state index in [0.29, 0.717) is 11.1 Å². The molecule has 778 valence electrons. The summed E-state index contributed by atoms with van der Waals surface area (Å²) in [6.45, 7) is 12.4. The third-order valence-corrected chi connectivity index (χ3v) is 22.1. The number of benzene rings is 17. The largest absolute Gasteiger partial charge is 0.497 e. The van der Waals surface area contributed by atoms with Crippen LogP contribution < -0.4 is 99.5 Å². The molecule has 0 radical (unpaired) electrons. The first-order valence-electron chi connectivity index (χ1n) is 47.5. The van der Waals surface area contributed by atoms with Gasteiger partial charge < -0.3 is 99.5 Å². The van der Waals surface area contributed by atoms with E-state index in [4.69, 9.17) is 99.5 Å². The summed E-state index contributed by atoms with van der Waals surface area (Å²) >= 11 is 0. The standard InChI is InChI=1S/C17H20O2.C15H14O3.C14H14O3.2C14H14O2.2C12H12O2.3C8H10O2.2C2H6/c1-17(2,13-5-9-15(18-3)10-6-13)14-7-11-16(19-4)12-8-14;1-17-13-7-3-11(4-8-13)15(16)12-5-9-14(18-2)10-6-12;1-15-11-3-7-13(8-4-11)17-14-9-5-12(16-2)6-10-14;1-15-13-7-3-11(4-8-13)12-5-9-14(16-2)10-6-12;1-15-12-8-9-14(16-2)13(10-12)11-6-4-3-5-7-11;1-13-11-7-3-6-10-9(11)5-4-8-12(10)14-2;1-13-11-5-3-10-8-12(14-2)6-4-9(10)7-11;2*1-9-7-3-5-8(10-2)6-4-7;1-9-7-4-3-5-8(6-7)10-2;2*1-2/h5-12H,1-4H3;3-10H,1-2H3;3-10H,1-2H3;2*3-10H,1-2H3;2*3-8H,1-2H3;3*3-6H,1-2H3;2*1-2H3. The quantitative estimate of drug-likeness (QED) is 0.0417.